The molecular weight excluding hydrogens is 468 g/mol. The molecule has 186 valence electrons. The van der Waals surface area contributed by atoms with Gasteiger partial charge < -0.3 is 20.5 Å². The van der Waals surface area contributed by atoms with Gasteiger partial charge in [-0.3, -0.25) is 4.79 Å². The lowest BCUT2D eigenvalue weighted by atomic mass is 9.98. The van der Waals surface area contributed by atoms with E-state index in [1.165, 1.54) is 6.92 Å². The van der Waals surface area contributed by atoms with Crippen LogP contribution in [0.1, 0.15) is 34.3 Å². The van der Waals surface area contributed by atoms with Crippen LogP contribution in [0, 0.1) is 0 Å². The molecule has 7 heteroatoms. The minimum atomic E-state index is -1.19. The number of carboxylic acid groups (broad SMARTS) is 1. The van der Waals surface area contributed by atoms with Crippen LogP contribution < -0.4 is 10.6 Å². The molecule has 5 rings (SSSR count). The zero-order valence-corrected chi connectivity index (χ0v) is 20.2. The van der Waals surface area contributed by atoms with Crippen LogP contribution in [-0.2, 0) is 9.53 Å². The fourth-order valence-electron chi connectivity index (χ4n) is 4.78. The van der Waals surface area contributed by atoms with Crippen LogP contribution in [0.2, 0.25) is 0 Å². The van der Waals surface area contributed by atoms with Gasteiger partial charge in [0.05, 0.1) is 0 Å². The van der Waals surface area contributed by atoms with E-state index in [-0.39, 0.29) is 24.9 Å². The SMILES string of the molecule is CC(=O)c1ccc2cc(NCC(NC(=O)OCC3c4ccccc4-c4ccccc43)C(=O)O)ccc2c1. The molecule has 0 saturated heterocycles. The Balaban J connectivity index is 1.21. The van der Waals surface area contributed by atoms with E-state index in [0.717, 1.165) is 33.0 Å². The molecule has 0 radical (unpaired) electrons. The summed E-state index contributed by atoms with van der Waals surface area (Å²) in [6.45, 7) is 1.59. The number of ketones is 1. The molecule has 1 aliphatic rings. The number of carboxylic acids is 1. The van der Waals surface area contributed by atoms with Crippen LogP contribution in [0.4, 0.5) is 10.5 Å². The molecule has 0 aromatic heterocycles. The van der Waals surface area contributed by atoms with Gasteiger partial charge in [-0.15, -0.1) is 0 Å². The summed E-state index contributed by atoms with van der Waals surface area (Å²) in [6, 6.07) is 25.8. The zero-order valence-electron chi connectivity index (χ0n) is 20.2. The normalized spacial score (nSPS) is 12.9. The maximum atomic E-state index is 12.6. The second-order valence-corrected chi connectivity index (χ2v) is 9.07. The molecule has 1 unspecified atom stereocenters. The van der Waals surface area contributed by atoms with Gasteiger partial charge in [-0.05, 0) is 58.1 Å². The summed E-state index contributed by atoms with van der Waals surface area (Å²) in [5, 5.41) is 17.0. The van der Waals surface area contributed by atoms with Gasteiger partial charge in [0.1, 0.15) is 12.6 Å². The second-order valence-electron chi connectivity index (χ2n) is 9.07. The van der Waals surface area contributed by atoms with Gasteiger partial charge in [0, 0.05) is 23.7 Å². The number of alkyl carbamates (subject to hydrolysis) is 1. The summed E-state index contributed by atoms with van der Waals surface area (Å²) in [4.78, 5) is 36.0. The zero-order chi connectivity index (χ0) is 25.9. The van der Waals surface area contributed by atoms with Gasteiger partial charge in [0.25, 0.3) is 0 Å². The van der Waals surface area contributed by atoms with Crippen molar-refractivity contribution in [1.29, 1.82) is 0 Å². The van der Waals surface area contributed by atoms with E-state index < -0.39 is 18.1 Å². The summed E-state index contributed by atoms with van der Waals surface area (Å²) in [7, 11) is 0. The lowest BCUT2D eigenvalue weighted by molar-refractivity contribution is -0.138. The Labute approximate surface area is 214 Å². The van der Waals surface area contributed by atoms with Crippen LogP contribution in [-0.4, -0.2) is 42.1 Å². The maximum Gasteiger partial charge on any atom is 0.407 e. The van der Waals surface area contributed by atoms with Crippen molar-refractivity contribution >= 4 is 34.3 Å². The first-order valence-corrected chi connectivity index (χ1v) is 12.0. The summed E-state index contributed by atoms with van der Waals surface area (Å²) < 4.78 is 5.49. The number of amides is 1. The maximum absolute atomic E-state index is 12.6. The van der Waals surface area contributed by atoms with Crippen LogP contribution in [0.5, 0.6) is 0 Å². The highest BCUT2D eigenvalue weighted by molar-refractivity contribution is 5.99. The molecule has 0 fully saturated rings. The van der Waals surface area contributed by atoms with Crippen LogP contribution in [0.15, 0.2) is 84.9 Å². The Morgan fingerprint density at radius 3 is 2.14 bits per heavy atom. The van der Waals surface area contributed by atoms with E-state index in [9.17, 15) is 19.5 Å². The van der Waals surface area contributed by atoms with Gasteiger partial charge in [-0.25, -0.2) is 9.59 Å². The van der Waals surface area contributed by atoms with Crippen molar-refractivity contribution in [1.82, 2.24) is 5.32 Å². The molecule has 0 aliphatic heterocycles. The molecule has 7 nitrogen and oxygen atoms in total. The van der Waals surface area contributed by atoms with Crippen molar-refractivity contribution in [2.24, 2.45) is 0 Å². The van der Waals surface area contributed by atoms with Crippen molar-refractivity contribution in [2.75, 3.05) is 18.5 Å². The van der Waals surface area contributed by atoms with Crippen LogP contribution in [0.3, 0.4) is 0 Å². The summed E-state index contributed by atoms with van der Waals surface area (Å²) >= 11 is 0. The third-order valence-corrected chi connectivity index (χ3v) is 6.69. The average Bonchev–Trinajstić information content (AvgIpc) is 3.23. The molecule has 37 heavy (non-hydrogen) atoms. The highest BCUT2D eigenvalue weighted by Gasteiger charge is 2.29. The number of anilines is 1. The number of ether oxygens (including phenoxy) is 1. The van der Waals surface area contributed by atoms with Crippen molar-refractivity contribution in [3.8, 4) is 11.1 Å². The number of nitrogens with one attached hydrogen (secondary N) is 2. The van der Waals surface area contributed by atoms with Gasteiger partial charge in [-0.2, -0.15) is 0 Å². The first kappa shape index (κ1) is 24.1. The van der Waals surface area contributed by atoms with Gasteiger partial charge in [-0.1, -0.05) is 66.7 Å². The minimum Gasteiger partial charge on any atom is -0.480 e. The van der Waals surface area contributed by atoms with Crippen molar-refractivity contribution < 1.29 is 24.2 Å². The smallest absolute Gasteiger partial charge is 0.407 e. The number of rotatable bonds is 8. The van der Waals surface area contributed by atoms with Crippen molar-refractivity contribution in [3.63, 3.8) is 0 Å². The number of aliphatic carboxylic acids is 1. The molecular formula is C30H26N2O5. The van der Waals surface area contributed by atoms with E-state index in [1.54, 1.807) is 12.1 Å². The summed E-state index contributed by atoms with van der Waals surface area (Å²) in [6.07, 6.45) is -0.786. The van der Waals surface area contributed by atoms with E-state index in [1.807, 2.05) is 60.7 Å². The highest BCUT2D eigenvalue weighted by atomic mass is 16.5. The van der Waals surface area contributed by atoms with E-state index >= 15 is 0 Å². The predicted octanol–water partition coefficient (Wildman–Crippen LogP) is 5.45. The quantitative estimate of drug-likeness (QED) is 0.282. The second kappa shape index (κ2) is 10.1. The monoisotopic (exact) mass is 494 g/mol. The van der Waals surface area contributed by atoms with Crippen molar-refractivity contribution in [2.45, 2.75) is 18.9 Å². The third kappa shape index (κ3) is 5.02. The number of carbonyl (C=O) groups excluding carboxylic acids is 2. The van der Waals surface area contributed by atoms with Crippen LogP contribution in [0.25, 0.3) is 21.9 Å². The lowest BCUT2D eigenvalue weighted by Gasteiger charge is -2.18. The summed E-state index contributed by atoms with van der Waals surface area (Å²) in [5.41, 5.74) is 5.73. The predicted molar refractivity (Wildman–Crippen MR) is 142 cm³/mol. The number of carbonyl (C=O) groups is 3. The van der Waals surface area contributed by atoms with E-state index in [4.69, 9.17) is 4.74 Å². The molecule has 1 amide bonds. The fraction of sp³-hybridized carbons (Fsp3) is 0.167. The van der Waals surface area contributed by atoms with Crippen LogP contribution >= 0.6 is 0 Å². The number of hydrogen-bond acceptors (Lipinski definition) is 5. The van der Waals surface area contributed by atoms with E-state index in [0.29, 0.717) is 11.3 Å². The Morgan fingerprint density at radius 2 is 1.49 bits per heavy atom. The Kier molecular flexibility index (Phi) is 6.60. The van der Waals surface area contributed by atoms with Crippen molar-refractivity contribution in [3.05, 3.63) is 102 Å². The molecule has 0 spiro atoms. The average molecular weight is 495 g/mol. The topological polar surface area (TPSA) is 105 Å². The Morgan fingerprint density at radius 1 is 0.865 bits per heavy atom. The number of hydrogen-bond donors (Lipinski definition) is 3. The molecule has 3 N–H and O–H groups in total. The first-order chi connectivity index (χ1) is 17.9. The summed E-state index contributed by atoms with van der Waals surface area (Å²) in [5.74, 6) is -1.29. The van der Waals surface area contributed by atoms with Gasteiger partial charge in [0.2, 0.25) is 0 Å². The first-order valence-electron chi connectivity index (χ1n) is 12.0. The lowest BCUT2D eigenvalue weighted by Crippen LogP contribution is -2.45. The third-order valence-electron chi connectivity index (χ3n) is 6.69. The molecule has 1 atom stereocenters. The van der Waals surface area contributed by atoms with Gasteiger partial charge in [0.15, 0.2) is 5.78 Å². The minimum absolute atomic E-state index is 0.00675. The molecule has 0 saturated carbocycles. The number of benzene rings is 4. The molecule has 0 heterocycles. The standard InChI is InChI=1S/C30H26N2O5/c1-18(33)19-10-11-21-15-22(13-12-20(21)14-19)31-16-28(29(34)35)32-30(36)37-17-27-25-8-4-2-6-23(25)24-7-3-5-9-26(24)27/h2-15,27-28,31H,16-17H2,1H3,(H,32,36)(H,34,35). The Bertz CT molecular complexity index is 1470. The molecule has 0 bridgehead atoms. The largest absolute Gasteiger partial charge is 0.480 e. The van der Waals surface area contributed by atoms with E-state index in [2.05, 4.69) is 22.8 Å². The molecule has 4 aromatic rings. The fourth-order valence-corrected chi connectivity index (χ4v) is 4.78. The number of Topliss-reactive ketones (excluding diaryl/α,β-unsaturated/α-hetero) is 1. The number of fused-ring (bicyclic) bond motifs is 4. The Hall–Kier alpha value is -4.65. The molecule has 1 aliphatic carbocycles. The van der Waals surface area contributed by atoms with Gasteiger partial charge >= 0.3 is 12.1 Å². The molecule has 4 aromatic carbocycles. The highest BCUT2D eigenvalue weighted by Crippen LogP contribution is 2.44.